The van der Waals surface area contributed by atoms with E-state index in [0.717, 1.165) is 0 Å². The monoisotopic (exact) mass is 425 g/mol. The standard InChI is InChI=1S/C18H18IO4/c1-18(2,3)23-17(20)22-11-21-12-8-9-14-13-6-4-5-7-15(13)19-16(14)10-12/h4-10H,11H2,1-3H3/q+1. The Morgan fingerprint density at radius 1 is 1.04 bits per heavy atom. The Labute approximate surface area is 146 Å². The fourth-order valence-corrected chi connectivity index (χ4v) is 5.18. The minimum atomic E-state index is -0.724. The number of ether oxygens (including phenoxy) is 3. The molecular formula is C18H18IO4+. The maximum atomic E-state index is 11.5. The van der Waals surface area contributed by atoms with Crippen LogP contribution in [0.2, 0.25) is 0 Å². The summed E-state index contributed by atoms with van der Waals surface area (Å²) < 4.78 is 18.3. The average Bonchev–Trinajstić information content (AvgIpc) is 2.83. The van der Waals surface area contributed by atoms with Gasteiger partial charge in [0.05, 0.1) is 0 Å². The molecule has 0 unspecified atom stereocenters. The molecule has 0 fully saturated rings. The number of fused-ring (bicyclic) bond motifs is 3. The molecule has 1 heterocycles. The highest BCUT2D eigenvalue weighted by atomic mass is 127. The third-order valence-corrected chi connectivity index (χ3v) is 6.10. The van der Waals surface area contributed by atoms with Gasteiger partial charge in [-0.25, -0.2) is 4.79 Å². The molecule has 120 valence electrons. The number of hydrogen-bond acceptors (Lipinski definition) is 4. The van der Waals surface area contributed by atoms with Crippen molar-refractivity contribution in [3.05, 3.63) is 49.6 Å². The summed E-state index contributed by atoms with van der Waals surface area (Å²) in [6, 6.07) is 14.5. The number of hydrogen-bond donors (Lipinski definition) is 0. The summed E-state index contributed by atoms with van der Waals surface area (Å²) in [6.07, 6.45) is -0.724. The second-order valence-corrected chi connectivity index (χ2v) is 8.95. The topological polar surface area (TPSA) is 44.8 Å². The molecule has 5 heteroatoms. The van der Waals surface area contributed by atoms with E-state index in [1.54, 1.807) is 20.8 Å². The molecule has 0 saturated carbocycles. The molecule has 2 aromatic rings. The first kappa shape index (κ1) is 16.1. The number of rotatable bonds is 3. The summed E-state index contributed by atoms with van der Waals surface area (Å²) in [5.74, 6) is 0.708. The van der Waals surface area contributed by atoms with Crippen LogP contribution in [0, 0.1) is 7.14 Å². The van der Waals surface area contributed by atoms with E-state index in [1.165, 1.54) is 18.3 Å². The summed E-state index contributed by atoms with van der Waals surface area (Å²) in [6.45, 7) is 5.21. The number of halogens is 1. The summed E-state index contributed by atoms with van der Waals surface area (Å²) in [5, 5.41) is 0. The highest BCUT2D eigenvalue weighted by Gasteiger charge is 2.33. The zero-order valence-electron chi connectivity index (χ0n) is 13.3. The third-order valence-electron chi connectivity index (χ3n) is 3.10. The minimum absolute atomic E-state index is 0.154. The molecule has 0 radical (unpaired) electrons. The lowest BCUT2D eigenvalue weighted by Gasteiger charge is -2.18. The molecule has 0 spiro atoms. The Morgan fingerprint density at radius 2 is 1.78 bits per heavy atom. The number of benzene rings is 2. The zero-order valence-corrected chi connectivity index (χ0v) is 15.4. The Bertz CT molecular complexity index is 734. The lowest BCUT2D eigenvalue weighted by Crippen LogP contribution is -3.61. The Balaban J connectivity index is 1.59. The first-order valence-electron chi connectivity index (χ1n) is 7.29. The van der Waals surface area contributed by atoms with Crippen LogP contribution in [0.3, 0.4) is 0 Å². The van der Waals surface area contributed by atoms with Crippen LogP contribution in [0.5, 0.6) is 5.75 Å². The molecule has 2 aromatic carbocycles. The van der Waals surface area contributed by atoms with Gasteiger partial charge >= 0.3 is 27.4 Å². The second kappa shape index (κ2) is 6.39. The van der Waals surface area contributed by atoms with Crippen LogP contribution in [0.25, 0.3) is 11.1 Å². The highest BCUT2D eigenvalue weighted by molar-refractivity contribution is 5.65. The first-order valence-corrected chi connectivity index (χ1v) is 9.45. The van der Waals surface area contributed by atoms with Gasteiger partial charge in [-0.1, -0.05) is 12.1 Å². The van der Waals surface area contributed by atoms with Crippen LogP contribution in [0.1, 0.15) is 20.8 Å². The minimum Gasteiger partial charge on any atom is -0.457 e. The van der Waals surface area contributed by atoms with E-state index in [0.29, 0.717) is 5.75 Å². The smallest absolute Gasteiger partial charge is 0.457 e. The van der Waals surface area contributed by atoms with Gasteiger partial charge in [0.1, 0.15) is 11.4 Å². The second-order valence-electron chi connectivity index (χ2n) is 6.09. The largest absolute Gasteiger partial charge is 0.511 e. The van der Waals surface area contributed by atoms with E-state index in [9.17, 15) is 4.79 Å². The SMILES string of the molecule is CC(C)(C)OC(=O)OCOc1ccc2c(c1)[I+]c1ccccc1-2. The van der Waals surface area contributed by atoms with Gasteiger partial charge in [0.2, 0.25) is 13.9 Å². The van der Waals surface area contributed by atoms with Crippen LogP contribution in [0.15, 0.2) is 42.5 Å². The van der Waals surface area contributed by atoms with Gasteiger partial charge < -0.3 is 14.2 Å². The normalized spacial score (nSPS) is 12.3. The number of carbonyl (C=O) groups is 1. The fourth-order valence-electron chi connectivity index (χ4n) is 2.18. The summed E-state index contributed by atoms with van der Waals surface area (Å²) in [7, 11) is 0. The summed E-state index contributed by atoms with van der Waals surface area (Å²) in [4.78, 5) is 11.5. The van der Waals surface area contributed by atoms with Crippen molar-refractivity contribution in [1.29, 1.82) is 0 Å². The number of carbonyl (C=O) groups excluding carboxylic acids is 1. The maximum Gasteiger partial charge on any atom is 0.511 e. The predicted molar refractivity (Wildman–Crippen MR) is 82.1 cm³/mol. The molecule has 0 aliphatic carbocycles. The highest BCUT2D eigenvalue weighted by Crippen LogP contribution is 2.25. The molecule has 3 rings (SSSR count). The Morgan fingerprint density at radius 3 is 2.57 bits per heavy atom. The van der Waals surface area contributed by atoms with E-state index in [-0.39, 0.29) is 28.0 Å². The van der Waals surface area contributed by atoms with Crippen LogP contribution in [-0.4, -0.2) is 18.5 Å². The van der Waals surface area contributed by atoms with Gasteiger partial charge in [-0.3, -0.25) is 0 Å². The maximum absolute atomic E-state index is 11.5. The van der Waals surface area contributed by atoms with Crippen molar-refractivity contribution < 1.29 is 40.2 Å². The zero-order chi connectivity index (χ0) is 16.4. The molecule has 0 N–H and O–H groups in total. The van der Waals surface area contributed by atoms with Crippen molar-refractivity contribution in [2.75, 3.05) is 6.79 Å². The van der Waals surface area contributed by atoms with Gasteiger partial charge in [-0.15, -0.1) is 0 Å². The molecule has 0 atom stereocenters. The third kappa shape index (κ3) is 3.96. The van der Waals surface area contributed by atoms with Gasteiger partial charge in [-0.05, 0) is 45.0 Å². The molecule has 0 bridgehead atoms. The van der Waals surface area contributed by atoms with Crippen LogP contribution >= 0.6 is 0 Å². The lowest BCUT2D eigenvalue weighted by atomic mass is 10.1. The predicted octanol–water partition coefficient (Wildman–Crippen LogP) is 1.08. The fraction of sp³-hybridized carbons (Fsp3) is 0.278. The Hall–Kier alpha value is -1.76. The molecule has 0 saturated heterocycles. The quantitative estimate of drug-likeness (QED) is 0.358. The molecule has 23 heavy (non-hydrogen) atoms. The van der Waals surface area contributed by atoms with Gasteiger partial charge in [-0.2, -0.15) is 0 Å². The van der Waals surface area contributed by atoms with Gasteiger partial charge in [0, 0.05) is 17.2 Å². The van der Waals surface area contributed by atoms with Crippen LogP contribution in [-0.2, 0) is 9.47 Å². The van der Waals surface area contributed by atoms with E-state index < -0.39 is 11.8 Å². The lowest BCUT2D eigenvalue weighted by molar-refractivity contribution is -0.589. The molecular weight excluding hydrogens is 407 g/mol. The van der Waals surface area contributed by atoms with Crippen LogP contribution in [0.4, 0.5) is 4.79 Å². The van der Waals surface area contributed by atoms with E-state index >= 15 is 0 Å². The first-order chi connectivity index (χ1) is 10.9. The molecule has 4 nitrogen and oxygen atoms in total. The van der Waals surface area contributed by atoms with E-state index in [1.807, 2.05) is 12.1 Å². The average molecular weight is 425 g/mol. The Kier molecular flexibility index (Phi) is 4.48. The van der Waals surface area contributed by atoms with Crippen molar-refractivity contribution in [3.63, 3.8) is 0 Å². The van der Waals surface area contributed by atoms with E-state index in [4.69, 9.17) is 14.2 Å². The van der Waals surface area contributed by atoms with Crippen molar-refractivity contribution >= 4 is 6.16 Å². The van der Waals surface area contributed by atoms with Gasteiger partial charge in [0.25, 0.3) is 0 Å². The molecule has 1 aliphatic rings. The van der Waals surface area contributed by atoms with Crippen LogP contribution < -0.4 is 25.9 Å². The van der Waals surface area contributed by atoms with Crippen molar-refractivity contribution in [1.82, 2.24) is 0 Å². The molecule has 1 aliphatic heterocycles. The summed E-state index contributed by atoms with van der Waals surface area (Å²) in [5.41, 5.74) is 2.04. The molecule has 0 aromatic heterocycles. The molecule has 0 amide bonds. The van der Waals surface area contributed by atoms with E-state index in [2.05, 4.69) is 30.3 Å². The van der Waals surface area contributed by atoms with Crippen molar-refractivity contribution in [2.24, 2.45) is 0 Å². The van der Waals surface area contributed by atoms with Crippen molar-refractivity contribution in [3.8, 4) is 16.9 Å². The van der Waals surface area contributed by atoms with Gasteiger partial charge in [0.15, 0.2) is 0 Å². The summed E-state index contributed by atoms with van der Waals surface area (Å²) >= 11 is -0.174. The van der Waals surface area contributed by atoms with Crippen molar-refractivity contribution in [2.45, 2.75) is 26.4 Å².